The summed E-state index contributed by atoms with van der Waals surface area (Å²) in [5.74, 6) is 0.921. The smallest absolute Gasteiger partial charge is 0.0125 e. The van der Waals surface area contributed by atoms with Gasteiger partial charge in [-0.05, 0) is 37.7 Å². The van der Waals surface area contributed by atoms with Crippen LogP contribution in [0.15, 0.2) is 23.3 Å². The summed E-state index contributed by atoms with van der Waals surface area (Å²) >= 11 is 0. The van der Waals surface area contributed by atoms with Gasteiger partial charge in [0.25, 0.3) is 0 Å². The van der Waals surface area contributed by atoms with Gasteiger partial charge in [0, 0.05) is 0 Å². The maximum atomic E-state index is 2.38. The van der Waals surface area contributed by atoms with Gasteiger partial charge in [0.05, 0.1) is 0 Å². The number of rotatable bonds is 0. The Morgan fingerprint density at radius 3 is 2.89 bits per heavy atom. The minimum absolute atomic E-state index is 0.921. The van der Waals surface area contributed by atoms with E-state index in [4.69, 9.17) is 0 Å². The summed E-state index contributed by atoms with van der Waals surface area (Å²) in [6.07, 6.45) is 8.82. The third-order valence-electron chi connectivity index (χ3n) is 2.50. The van der Waals surface area contributed by atoms with Gasteiger partial charge in [-0.2, -0.15) is 0 Å². The molecule has 2 bridgehead atoms. The summed E-state index contributed by atoms with van der Waals surface area (Å²) in [6, 6.07) is 0. The molecule has 1 saturated carbocycles. The molecule has 0 spiro atoms. The highest BCUT2D eigenvalue weighted by Crippen LogP contribution is 2.42. The first-order chi connectivity index (χ1) is 4.40. The fourth-order valence-corrected chi connectivity index (χ4v) is 1.97. The van der Waals surface area contributed by atoms with Crippen molar-refractivity contribution >= 4 is 0 Å². The molecule has 0 nitrogen and oxygen atoms in total. The van der Waals surface area contributed by atoms with Gasteiger partial charge in [-0.15, -0.1) is 0 Å². The predicted octanol–water partition coefficient (Wildman–Crippen LogP) is 2.67. The van der Waals surface area contributed by atoms with E-state index in [1.807, 2.05) is 0 Å². The lowest BCUT2D eigenvalue weighted by Crippen LogP contribution is -1.92. The van der Waals surface area contributed by atoms with Gasteiger partial charge in [0.2, 0.25) is 0 Å². The van der Waals surface area contributed by atoms with E-state index in [2.05, 4.69) is 19.1 Å². The van der Waals surface area contributed by atoms with E-state index in [0.29, 0.717) is 0 Å². The third-order valence-corrected chi connectivity index (χ3v) is 2.50. The minimum atomic E-state index is 0.921. The van der Waals surface area contributed by atoms with Crippen LogP contribution in [0, 0.1) is 5.92 Å². The van der Waals surface area contributed by atoms with Crippen LogP contribution >= 0.6 is 0 Å². The number of hydrogen-bond acceptors (Lipinski definition) is 0. The maximum absolute atomic E-state index is 2.38. The van der Waals surface area contributed by atoms with Crippen molar-refractivity contribution in [3.8, 4) is 0 Å². The lowest BCUT2D eigenvalue weighted by Gasteiger charge is -2.06. The van der Waals surface area contributed by atoms with E-state index < -0.39 is 0 Å². The average molecular weight is 120 g/mol. The SMILES string of the molecule is CC=C1C=C2CCC1C2. The molecule has 48 valence electrons. The Morgan fingerprint density at radius 2 is 2.56 bits per heavy atom. The molecule has 1 atom stereocenters. The van der Waals surface area contributed by atoms with E-state index in [1.165, 1.54) is 19.3 Å². The maximum Gasteiger partial charge on any atom is -0.0125 e. The molecule has 0 heterocycles. The zero-order valence-electron chi connectivity index (χ0n) is 5.85. The van der Waals surface area contributed by atoms with Crippen LogP contribution in [-0.2, 0) is 0 Å². The first-order valence-electron chi connectivity index (χ1n) is 3.76. The van der Waals surface area contributed by atoms with Gasteiger partial charge >= 0.3 is 0 Å². The Labute approximate surface area is 56.3 Å². The first-order valence-corrected chi connectivity index (χ1v) is 3.76. The van der Waals surface area contributed by atoms with Gasteiger partial charge in [-0.3, -0.25) is 0 Å². The largest absolute Gasteiger partial charge is 0.0841 e. The number of allylic oxidation sites excluding steroid dienone is 4. The van der Waals surface area contributed by atoms with Crippen molar-refractivity contribution in [1.29, 1.82) is 0 Å². The van der Waals surface area contributed by atoms with Crippen LogP contribution < -0.4 is 0 Å². The minimum Gasteiger partial charge on any atom is -0.0841 e. The van der Waals surface area contributed by atoms with Gasteiger partial charge in [0.15, 0.2) is 0 Å². The summed E-state index contributed by atoms with van der Waals surface area (Å²) in [6.45, 7) is 2.15. The first kappa shape index (κ1) is 5.28. The van der Waals surface area contributed by atoms with Crippen molar-refractivity contribution in [2.24, 2.45) is 5.92 Å². The molecule has 1 unspecified atom stereocenters. The molecule has 1 fully saturated rings. The highest BCUT2D eigenvalue weighted by atomic mass is 14.3. The van der Waals surface area contributed by atoms with E-state index >= 15 is 0 Å². The quantitative estimate of drug-likeness (QED) is 0.461. The molecule has 2 aliphatic rings. The second-order valence-corrected chi connectivity index (χ2v) is 3.03. The molecular weight excluding hydrogens is 108 g/mol. The average Bonchev–Trinajstić information content (AvgIpc) is 2.45. The molecule has 0 aromatic rings. The molecule has 2 aliphatic carbocycles. The molecule has 0 aromatic carbocycles. The van der Waals surface area contributed by atoms with Crippen molar-refractivity contribution in [2.45, 2.75) is 26.2 Å². The van der Waals surface area contributed by atoms with Crippen molar-refractivity contribution in [3.63, 3.8) is 0 Å². The van der Waals surface area contributed by atoms with Crippen LogP contribution in [-0.4, -0.2) is 0 Å². The summed E-state index contributed by atoms with van der Waals surface area (Å²) in [4.78, 5) is 0. The normalized spacial score (nSPS) is 35.9. The van der Waals surface area contributed by atoms with E-state index in [0.717, 1.165) is 5.92 Å². The van der Waals surface area contributed by atoms with Crippen molar-refractivity contribution in [3.05, 3.63) is 23.3 Å². The topological polar surface area (TPSA) is 0 Å². The summed E-state index contributed by atoms with van der Waals surface area (Å²) in [5, 5.41) is 0. The van der Waals surface area contributed by atoms with E-state index in [-0.39, 0.29) is 0 Å². The molecule has 9 heavy (non-hydrogen) atoms. The van der Waals surface area contributed by atoms with Crippen molar-refractivity contribution < 1.29 is 0 Å². The van der Waals surface area contributed by atoms with E-state index in [9.17, 15) is 0 Å². The standard InChI is InChI=1S/C9H12/c1-2-8-5-7-3-4-9(8)6-7/h2,5,9H,3-4,6H2,1H3. The fraction of sp³-hybridized carbons (Fsp3) is 0.556. The van der Waals surface area contributed by atoms with Crippen LogP contribution in [0.4, 0.5) is 0 Å². The van der Waals surface area contributed by atoms with Crippen LogP contribution in [0.3, 0.4) is 0 Å². The highest BCUT2D eigenvalue weighted by Gasteiger charge is 2.27. The molecule has 0 heteroatoms. The van der Waals surface area contributed by atoms with Gasteiger partial charge in [-0.1, -0.05) is 17.7 Å². The molecule has 0 saturated heterocycles. The fourth-order valence-electron chi connectivity index (χ4n) is 1.97. The molecular formula is C9H12. The molecule has 0 N–H and O–H groups in total. The molecule has 0 aliphatic heterocycles. The molecule has 2 rings (SSSR count). The zero-order valence-corrected chi connectivity index (χ0v) is 5.85. The number of hydrogen-bond donors (Lipinski definition) is 0. The third kappa shape index (κ3) is 0.658. The van der Waals surface area contributed by atoms with Gasteiger partial charge in [-0.25, -0.2) is 0 Å². The summed E-state index contributed by atoms with van der Waals surface area (Å²) in [7, 11) is 0. The Balaban J connectivity index is 2.35. The molecule has 0 radical (unpaired) electrons. The summed E-state index contributed by atoms with van der Waals surface area (Å²) < 4.78 is 0. The van der Waals surface area contributed by atoms with Crippen molar-refractivity contribution in [1.82, 2.24) is 0 Å². The molecule has 0 amide bonds. The van der Waals surface area contributed by atoms with Crippen LogP contribution in [0.25, 0.3) is 0 Å². The predicted molar refractivity (Wildman–Crippen MR) is 39.2 cm³/mol. The second kappa shape index (κ2) is 1.73. The Bertz CT molecular complexity index is 184. The summed E-state index contributed by atoms with van der Waals surface area (Å²) in [5.41, 5.74) is 3.28. The monoisotopic (exact) mass is 120 g/mol. The lowest BCUT2D eigenvalue weighted by atomic mass is 9.99. The Morgan fingerprint density at radius 1 is 1.67 bits per heavy atom. The molecule has 0 aromatic heterocycles. The lowest BCUT2D eigenvalue weighted by molar-refractivity contribution is 0.671. The zero-order chi connectivity index (χ0) is 6.27. The van der Waals surface area contributed by atoms with Crippen molar-refractivity contribution in [2.75, 3.05) is 0 Å². The highest BCUT2D eigenvalue weighted by molar-refractivity contribution is 5.36. The van der Waals surface area contributed by atoms with Gasteiger partial charge < -0.3 is 0 Å². The van der Waals surface area contributed by atoms with Crippen LogP contribution in [0.2, 0.25) is 0 Å². The Hall–Kier alpha value is -0.520. The number of fused-ring (bicyclic) bond motifs is 2. The van der Waals surface area contributed by atoms with Gasteiger partial charge in [0.1, 0.15) is 0 Å². The van der Waals surface area contributed by atoms with Crippen LogP contribution in [0.5, 0.6) is 0 Å². The Kier molecular flexibility index (Phi) is 1.01. The van der Waals surface area contributed by atoms with E-state index in [1.54, 1.807) is 11.1 Å². The van der Waals surface area contributed by atoms with Crippen LogP contribution in [0.1, 0.15) is 26.2 Å². The second-order valence-electron chi connectivity index (χ2n) is 3.03.